The topological polar surface area (TPSA) is 3.24 Å². The highest BCUT2D eigenvalue weighted by Gasteiger charge is 2.14. The lowest BCUT2D eigenvalue weighted by Crippen LogP contribution is -2.27. The first-order valence-electron chi connectivity index (χ1n) is 7.14. The zero-order chi connectivity index (χ0) is 13.5. The van der Waals surface area contributed by atoms with Crippen LogP contribution in [0.25, 0.3) is 0 Å². The van der Waals surface area contributed by atoms with Gasteiger partial charge >= 0.3 is 0 Å². The molecule has 0 fully saturated rings. The summed E-state index contributed by atoms with van der Waals surface area (Å²) in [6, 6.07) is 22.0. The average Bonchev–Trinajstić information content (AvgIpc) is 2.48. The van der Waals surface area contributed by atoms with Crippen LogP contribution in [0, 0.1) is 0 Å². The summed E-state index contributed by atoms with van der Waals surface area (Å²) in [6.07, 6.45) is 1.18. The molecule has 0 aliphatic carbocycles. The van der Waals surface area contributed by atoms with Crippen molar-refractivity contribution in [1.82, 2.24) is 4.90 Å². The predicted octanol–water partition coefficient (Wildman–Crippen LogP) is 4.66. The normalized spacial score (nSPS) is 12.6. The molecule has 0 saturated heterocycles. The van der Waals surface area contributed by atoms with Crippen molar-refractivity contribution in [2.75, 3.05) is 6.54 Å². The van der Waals surface area contributed by atoms with Gasteiger partial charge in [-0.05, 0) is 31.0 Å². The number of benzene rings is 2. The molecule has 2 aromatic rings. The molecule has 100 valence electrons. The van der Waals surface area contributed by atoms with Crippen LogP contribution in [0.2, 0.25) is 0 Å². The fourth-order valence-electron chi connectivity index (χ4n) is 2.46. The van der Waals surface area contributed by atoms with Crippen LogP contribution < -0.4 is 0 Å². The molecule has 1 atom stereocenters. The van der Waals surface area contributed by atoms with Crippen LogP contribution >= 0.6 is 0 Å². The first kappa shape index (κ1) is 13.8. The summed E-state index contributed by atoms with van der Waals surface area (Å²) >= 11 is 0. The van der Waals surface area contributed by atoms with Gasteiger partial charge in [0.1, 0.15) is 0 Å². The van der Waals surface area contributed by atoms with Crippen LogP contribution in [0.4, 0.5) is 0 Å². The largest absolute Gasteiger partial charge is 0.292 e. The highest BCUT2D eigenvalue weighted by Crippen LogP contribution is 2.22. The van der Waals surface area contributed by atoms with E-state index in [9.17, 15) is 0 Å². The molecule has 0 bridgehead atoms. The summed E-state index contributed by atoms with van der Waals surface area (Å²) < 4.78 is 0. The van der Waals surface area contributed by atoms with Gasteiger partial charge in [-0.2, -0.15) is 0 Å². The molecule has 0 aliphatic rings. The molecule has 1 heteroatoms. The SMILES string of the molecule is CCCN(Cc1ccccc1)C(C)c1ccccc1. The zero-order valence-electron chi connectivity index (χ0n) is 11.9. The highest BCUT2D eigenvalue weighted by molar-refractivity contribution is 5.20. The van der Waals surface area contributed by atoms with Crippen molar-refractivity contribution in [3.05, 3.63) is 71.8 Å². The van der Waals surface area contributed by atoms with E-state index in [1.165, 1.54) is 17.5 Å². The van der Waals surface area contributed by atoms with Crippen LogP contribution in [0.1, 0.15) is 37.4 Å². The monoisotopic (exact) mass is 253 g/mol. The predicted molar refractivity (Wildman–Crippen MR) is 82.0 cm³/mol. The maximum absolute atomic E-state index is 2.55. The van der Waals surface area contributed by atoms with Gasteiger partial charge in [0.05, 0.1) is 0 Å². The Morgan fingerprint density at radius 1 is 0.895 bits per heavy atom. The van der Waals surface area contributed by atoms with E-state index in [1.807, 2.05) is 0 Å². The van der Waals surface area contributed by atoms with E-state index in [2.05, 4.69) is 79.4 Å². The number of hydrogen-bond donors (Lipinski definition) is 0. The molecule has 1 nitrogen and oxygen atoms in total. The van der Waals surface area contributed by atoms with E-state index in [-0.39, 0.29) is 0 Å². The Balaban J connectivity index is 2.11. The first-order valence-corrected chi connectivity index (χ1v) is 7.14. The Hall–Kier alpha value is -1.60. The lowest BCUT2D eigenvalue weighted by atomic mass is 10.1. The van der Waals surface area contributed by atoms with Crippen LogP contribution in [-0.2, 0) is 6.54 Å². The molecule has 2 rings (SSSR count). The molecule has 0 radical (unpaired) electrons. The Morgan fingerprint density at radius 3 is 2.05 bits per heavy atom. The molecule has 19 heavy (non-hydrogen) atoms. The number of hydrogen-bond acceptors (Lipinski definition) is 1. The second-order valence-corrected chi connectivity index (χ2v) is 5.04. The third-order valence-electron chi connectivity index (χ3n) is 3.57. The average molecular weight is 253 g/mol. The second kappa shape index (κ2) is 7.10. The summed E-state index contributed by atoms with van der Waals surface area (Å²) in [5, 5.41) is 0. The van der Waals surface area contributed by atoms with Gasteiger partial charge in [-0.1, -0.05) is 67.6 Å². The van der Waals surface area contributed by atoms with E-state index >= 15 is 0 Å². The summed E-state index contributed by atoms with van der Waals surface area (Å²) in [5.41, 5.74) is 2.78. The van der Waals surface area contributed by atoms with Crippen molar-refractivity contribution in [1.29, 1.82) is 0 Å². The van der Waals surface area contributed by atoms with Gasteiger partial charge in [-0.25, -0.2) is 0 Å². The summed E-state index contributed by atoms with van der Waals surface area (Å²) in [7, 11) is 0. The minimum absolute atomic E-state index is 0.460. The first-order chi connectivity index (χ1) is 9.31. The third-order valence-corrected chi connectivity index (χ3v) is 3.57. The van der Waals surface area contributed by atoms with Gasteiger partial charge in [0.15, 0.2) is 0 Å². The standard InChI is InChI=1S/C18H23N/c1-3-14-19(15-17-10-6-4-7-11-17)16(2)18-12-8-5-9-13-18/h4-13,16H,3,14-15H2,1-2H3. The molecular weight excluding hydrogens is 230 g/mol. The van der Waals surface area contributed by atoms with Gasteiger partial charge in [0.25, 0.3) is 0 Å². The van der Waals surface area contributed by atoms with E-state index in [0.29, 0.717) is 6.04 Å². The van der Waals surface area contributed by atoms with Gasteiger partial charge in [0, 0.05) is 12.6 Å². The summed E-state index contributed by atoms with van der Waals surface area (Å²) in [4.78, 5) is 2.55. The van der Waals surface area contributed by atoms with Gasteiger partial charge in [0.2, 0.25) is 0 Å². The fourth-order valence-corrected chi connectivity index (χ4v) is 2.46. The summed E-state index contributed by atoms with van der Waals surface area (Å²) in [6.45, 7) is 6.69. The quantitative estimate of drug-likeness (QED) is 0.723. The van der Waals surface area contributed by atoms with Crippen molar-refractivity contribution in [3.63, 3.8) is 0 Å². The van der Waals surface area contributed by atoms with Crippen molar-refractivity contribution in [2.24, 2.45) is 0 Å². The van der Waals surface area contributed by atoms with Crippen LogP contribution in [-0.4, -0.2) is 11.4 Å². The van der Waals surface area contributed by atoms with Crippen molar-refractivity contribution in [3.8, 4) is 0 Å². The van der Waals surface area contributed by atoms with Crippen LogP contribution in [0.3, 0.4) is 0 Å². The maximum atomic E-state index is 2.55. The lowest BCUT2D eigenvalue weighted by molar-refractivity contribution is 0.202. The minimum Gasteiger partial charge on any atom is -0.292 e. The Labute approximate surface area is 116 Å². The Bertz CT molecular complexity index is 464. The van der Waals surface area contributed by atoms with E-state index < -0.39 is 0 Å². The van der Waals surface area contributed by atoms with E-state index in [1.54, 1.807) is 0 Å². The van der Waals surface area contributed by atoms with E-state index in [4.69, 9.17) is 0 Å². The molecule has 0 aliphatic heterocycles. The molecular formula is C18H23N. The number of nitrogens with zero attached hydrogens (tertiary/aromatic N) is 1. The zero-order valence-corrected chi connectivity index (χ0v) is 11.9. The fraction of sp³-hybridized carbons (Fsp3) is 0.333. The van der Waals surface area contributed by atoms with Crippen LogP contribution in [0.15, 0.2) is 60.7 Å². The molecule has 0 amide bonds. The number of rotatable bonds is 6. The molecule has 0 aromatic heterocycles. The van der Waals surface area contributed by atoms with Crippen LogP contribution in [0.5, 0.6) is 0 Å². The lowest BCUT2D eigenvalue weighted by Gasteiger charge is -2.29. The van der Waals surface area contributed by atoms with Gasteiger partial charge < -0.3 is 0 Å². The van der Waals surface area contributed by atoms with Crippen molar-refractivity contribution in [2.45, 2.75) is 32.9 Å². The smallest absolute Gasteiger partial charge is 0.0323 e. The second-order valence-electron chi connectivity index (χ2n) is 5.04. The summed E-state index contributed by atoms with van der Waals surface area (Å²) in [5.74, 6) is 0. The minimum atomic E-state index is 0.460. The molecule has 2 aromatic carbocycles. The molecule has 0 spiro atoms. The van der Waals surface area contributed by atoms with E-state index in [0.717, 1.165) is 13.1 Å². The van der Waals surface area contributed by atoms with Gasteiger partial charge in [-0.3, -0.25) is 4.90 Å². The molecule has 1 unspecified atom stereocenters. The Kier molecular flexibility index (Phi) is 5.17. The van der Waals surface area contributed by atoms with Crippen molar-refractivity contribution < 1.29 is 0 Å². The molecule has 0 heterocycles. The highest BCUT2D eigenvalue weighted by atomic mass is 15.1. The van der Waals surface area contributed by atoms with Crippen molar-refractivity contribution >= 4 is 0 Å². The molecule has 0 N–H and O–H groups in total. The molecule has 0 saturated carbocycles. The Morgan fingerprint density at radius 2 is 1.47 bits per heavy atom. The van der Waals surface area contributed by atoms with Gasteiger partial charge in [-0.15, -0.1) is 0 Å². The maximum Gasteiger partial charge on any atom is 0.0323 e. The third kappa shape index (κ3) is 3.93.